The topological polar surface area (TPSA) is 369 Å². The molecule has 2 aliphatic heterocycles. The molecule has 0 unspecified atom stereocenters. The van der Waals surface area contributed by atoms with Crippen molar-refractivity contribution in [1.82, 2.24) is 0 Å². The maximum atomic E-state index is 13.4. The lowest BCUT2D eigenvalue weighted by atomic mass is 9.80. The third kappa shape index (κ3) is 25.4. The maximum absolute atomic E-state index is 13.4. The lowest BCUT2D eigenvalue weighted by molar-refractivity contribution is -0.394. The van der Waals surface area contributed by atoms with Gasteiger partial charge in [0.25, 0.3) is 22.7 Å². The molecule has 12 atom stereocenters. The van der Waals surface area contributed by atoms with E-state index in [-0.39, 0.29) is 42.1 Å². The Balaban J connectivity index is 0.000000414. The molecule has 0 aromatic heterocycles. The molecule has 510 valence electrons. The van der Waals surface area contributed by atoms with Crippen LogP contribution >= 0.6 is 0 Å². The number of benzene rings is 5. The zero-order chi connectivity index (χ0) is 71.2. The molecule has 2 aliphatic rings. The molecule has 5 aromatic carbocycles. The Hall–Kier alpha value is -9.41. The minimum atomic E-state index is -1.46. The summed E-state index contributed by atoms with van der Waals surface area (Å²) in [5.41, 5.74) is 2.17. The largest absolute Gasteiger partial charge is 0.478 e. The van der Waals surface area contributed by atoms with E-state index in [9.17, 15) is 59.9 Å². The van der Waals surface area contributed by atoms with Crippen molar-refractivity contribution in [3.63, 3.8) is 0 Å². The molecule has 7 rings (SSSR count). The van der Waals surface area contributed by atoms with Crippen molar-refractivity contribution in [2.75, 3.05) is 0 Å². The number of non-ortho nitro benzene ring substituents is 4. The Labute approximate surface area is 557 Å². The summed E-state index contributed by atoms with van der Waals surface area (Å²) >= 11 is -1.50. The van der Waals surface area contributed by atoms with E-state index in [2.05, 4.69) is 84.3 Å². The van der Waals surface area contributed by atoms with E-state index in [1.54, 1.807) is 31.2 Å². The number of hydrogen-bond donors (Lipinski definition) is 2. The van der Waals surface area contributed by atoms with Gasteiger partial charge in [0, 0.05) is 43.5 Å². The van der Waals surface area contributed by atoms with Gasteiger partial charge >= 0.3 is 41.1 Å². The van der Waals surface area contributed by atoms with Crippen molar-refractivity contribution in [1.29, 1.82) is 0 Å². The second kappa shape index (κ2) is 40.0. The van der Waals surface area contributed by atoms with Crippen molar-refractivity contribution < 1.29 is 80.1 Å². The van der Waals surface area contributed by atoms with Gasteiger partial charge in [-0.05, 0) is 104 Å². The third-order valence-corrected chi connectivity index (χ3v) is 16.5. The molecule has 0 amide bonds. The van der Waals surface area contributed by atoms with Gasteiger partial charge in [0.2, 0.25) is 0 Å². The van der Waals surface area contributed by atoms with Crippen LogP contribution in [0.2, 0.25) is 0 Å². The summed E-state index contributed by atoms with van der Waals surface area (Å²) < 4.78 is 58.1. The van der Waals surface area contributed by atoms with Crippen LogP contribution in [0, 0.1) is 70.0 Å². The van der Waals surface area contributed by atoms with Gasteiger partial charge in [-0.3, -0.25) is 40.5 Å². The van der Waals surface area contributed by atoms with Gasteiger partial charge in [0.1, 0.15) is 12.2 Å². The summed E-state index contributed by atoms with van der Waals surface area (Å²) in [6.45, 7) is 30.5. The minimum Gasteiger partial charge on any atom is -0.478 e. The number of carbonyl (C=O) groups excluding carboxylic acids is 2. The number of carboxylic acid groups (broad SMARTS) is 1. The number of carboxylic acids is 1. The highest BCUT2D eigenvalue weighted by Crippen LogP contribution is 2.43. The summed E-state index contributed by atoms with van der Waals surface area (Å²) in [7, 11) is 0. The molecule has 0 saturated carbocycles. The van der Waals surface area contributed by atoms with Crippen LogP contribution in [-0.2, 0) is 54.9 Å². The van der Waals surface area contributed by atoms with E-state index in [4.69, 9.17) is 40.9 Å². The van der Waals surface area contributed by atoms with Crippen molar-refractivity contribution in [3.8, 4) is 0 Å². The Morgan fingerprint density at radius 1 is 0.526 bits per heavy atom. The SMILES string of the molecule is C=C(C)C(=C)[C@@H](C[C@@H]1O[C@H](C[C@@H](CC)OC(=O)c2ccccc2)[C@H](C)[C@H]1Cc1ccccc1)OC(=O)c1cc([N+](=O)[O-])cc([N+](=O)[O-])c1.C=C(C)C(=C)[C@@H](O)C[C@@H]1O[C@H](C[C@H](C)CC)[C@H](C)[C@H]1Cc1ccccc1.O=C(O)c1cc([N+](=O)[O-])cc([N+](=O)[O-])c1.O=S=O.O=S=O. The van der Waals surface area contributed by atoms with Crippen molar-refractivity contribution in [2.45, 2.75) is 143 Å². The molecule has 0 bridgehead atoms. The van der Waals surface area contributed by atoms with E-state index in [1.165, 1.54) is 12.0 Å². The average molecular weight is 1350 g/mol. The fourth-order valence-corrected chi connectivity index (χ4v) is 10.9. The van der Waals surface area contributed by atoms with Crippen LogP contribution in [0.4, 0.5) is 22.7 Å². The number of carbonyl (C=O) groups is 3. The fraction of sp³-hybridized carbons (Fsp3) is 0.397. The normalized spacial score (nSPS) is 19.5. The second-order valence-corrected chi connectivity index (χ2v) is 23.3. The van der Waals surface area contributed by atoms with Gasteiger partial charge in [0.15, 0.2) is 0 Å². The summed E-state index contributed by atoms with van der Waals surface area (Å²) in [5, 5.41) is 62.7. The molecular formula is C68H80N4O21S2. The van der Waals surface area contributed by atoms with Gasteiger partial charge in [0.05, 0.1) is 79.0 Å². The van der Waals surface area contributed by atoms with E-state index >= 15 is 0 Å². The van der Waals surface area contributed by atoms with Crippen LogP contribution in [0.5, 0.6) is 0 Å². The summed E-state index contributed by atoms with van der Waals surface area (Å²) in [5.74, 6) is -1.28. The van der Waals surface area contributed by atoms with Crippen LogP contribution < -0.4 is 0 Å². The van der Waals surface area contributed by atoms with Crippen LogP contribution in [-0.4, -0.2) is 107 Å². The number of ether oxygens (including phenoxy) is 4. The zero-order valence-corrected chi connectivity index (χ0v) is 55.4. The highest BCUT2D eigenvalue weighted by molar-refractivity contribution is 7.52. The molecule has 5 aromatic rings. The summed E-state index contributed by atoms with van der Waals surface area (Å²) in [6.07, 6.45) is 3.46. The number of nitro groups is 4. The van der Waals surface area contributed by atoms with Crippen molar-refractivity contribution >= 4 is 63.8 Å². The van der Waals surface area contributed by atoms with E-state index in [0.717, 1.165) is 59.9 Å². The molecule has 0 radical (unpaired) electrons. The molecule has 25 nitrogen and oxygen atoms in total. The van der Waals surface area contributed by atoms with Crippen molar-refractivity contribution in [2.24, 2.45) is 29.6 Å². The molecule has 27 heteroatoms. The predicted molar refractivity (Wildman–Crippen MR) is 354 cm³/mol. The first-order valence-corrected chi connectivity index (χ1v) is 31.5. The number of nitro benzene ring substituents is 4. The number of hydrogen-bond acceptors (Lipinski definition) is 20. The number of esters is 2. The molecule has 2 N–H and O–H groups in total. The number of aromatic carboxylic acids is 1. The van der Waals surface area contributed by atoms with Crippen molar-refractivity contribution in [3.05, 3.63) is 244 Å². The Kier molecular flexibility index (Phi) is 33.6. The number of aliphatic hydroxyl groups is 1. The Bertz CT molecular complexity index is 3440. The Morgan fingerprint density at radius 2 is 0.895 bits per heavy atom. The van der Waals surface area contributed by atoms with Gasteiger partial charge in [-0.1, -0.05) is 157 Å². The van der Waals surface area contributed by atoms with Gasteiger partial charge in [-0.2, -0.15) is 16.8 Å². The van der Waals surface area contributed by atoms with Gasteiger partial charge < -0.3 is 29.2 Å². The molecule has 0 spiro atoms. The van der Waals surface area contributed by atoms with Gasteiger partial charge in [-0.25, -0.2) is 14.4 Å². The van der Waals surface area contributed by atoms with Crippen LogP contribution in [0.3, 0.4) is 0 Å². The highest BCUT2D eigenvalue weighted by Gasteiger charge is 2.45. The maximum Gasteiger partial charge on any atom is 0.339 e. The number of aliphatic hydroxyl groups excluding tert-OH is 1. The minimum absolute atomic E-state index is 0.0218. The number of nitrogens with zero attached hydrogens (tertiary/aromatic N) is 4. The average Bonchev–Trinajstić information content (AvgIpc) is 1.72. The zero-order valence-electron chi connectivity index (χ0n) is 53.8. The molecular weight excluding hydrogens is 1270 g/mol. The van der Waals surface area contributed by atoms with Crippen LogP contribution in [0.15, 0.2) is 176 Å². The van der Waals surface area contributed by atoms with Crippen LogP contribution in [0.25, 0.3) is 0 Å². The monoisotopic (exact) mass is 1350 g/mol. The summed E-state index contributed by atoms with van der Waals surface area (Å²) in [6, 6.07) is 34.3. The van der Waals surface area contributed by atoms with E-state index in [1.807, 2.05) is 50.2 Å². The molecule has 2 heterocycles. The lowest BCUT2D eigenvalue weighted by Gasteiger charge is -2.27. The number of rotatable bonds is 27. The van der Waals surface area contributed by atoms with E-state index < -0.39 is 113 Å². The lowest BCUT2D eigenvalue weighted by Crippen LogP contribution is -2.30. The molecule has 95 heavy (non-hydrogen) atoms. The van der Waals surface area contributed by atoms with Gasteiger partial charge in [-0.15, -0.1) is 0 Å². The Morgan fingerprint density at radius 3 is 1.26 bits per heavy atom. The standard InChI is InChI=1S/C37H40N2O9.C24H36O2.C7H4N2O6.2O2S/c1-6-31(46-36(40)27-15-11-8-12-16-27)21-33-25(5)32(17-26-13-9-7-10-14-26)35(47-33)22-34(24(4)23(2)3)48-37(41)28-18-29(38(42)43)20-30(19-28)39(44)45;1-7-17(4)13-23-19(6)21(14-20-11-9-8-10-12-20)24(26-23)15-22(25)18(5)16(2)3;10-7(11)4-1-5(8(12)13)3-6(2-4)9(14)15;2*1-3-2/h7-16,18-20,25,31-35H,2,4,6,17,21-22H2,1,3,5H3;8-12,17,19,21-25H,2,5,7,13-15H2,1,3-4,6H3;1-3H,(H,10,11);;/t25-,31-,32-,33-,34-,35+;17-,19-,21-,22+,23-,24+;;;/m11.../s1. The quantitative estimate of drug-likeness (QED) is 0.0213. The molecule has 2 fully saturated rings. The smallest absolute Gasteiger partial charge is 0.339 e. The summed E-state index contributed by atoms with van der Waals surface area (Å²) in [4.78, 5) is 76.9. The first kappa shape index (κ1) is 79.8. The second-order valence-electron chi connectivity index (χ2n) is 23.1. The molecule has 0 aliphatic carbocycles. The highest BCUT2D eigenvalue weighted by atomic mass is 32.1. The predicted octanol–water partition coefficient (Wildman–Crippen LogP) is 13.3. The third-order valence-electron chi connectivity index (χ3n) is 16.5. The molecule has 2 saturated heterocycles. The first-order chi connectivity index (χ1) is 44.9. The first-order valence-electron chi connectivity index (χ1n) is 30.1. The van der Waals surface area contributed by atoms with Crippen LogP contribution in [0.1, 0.15) is 129 Å². The van der Waals surface area contributed by atoms with E-state index in [0.29, 0.717) is 66.2 Å². The fourth-order valence-electron chi connectivity index (χ4n) is 10.9.